The van der Waals surface area contributed by atoms with Crippen LogP contribution in [0.4, 0.5) is 4.79 Å². The highest BCUT2D eigenvalue weighted by atomic mass is 16.6. The Morgan fingerprint density at radius 2 is 1.81 bits per heavy atom. The van der Waals surface area contributed by atoms with Crippen LogP contribution in [0.2, 0.25) is 0 Å². The molecule has 0 radical (unpaired) electrons. The van der Waals surface area contributed by atoms with Crippen molar-refractivity contribution in [3.63, 3.8) is 0 Å². The molecule has 1 aromatic carbocycles. The first kappa shape index (κ1) is 17.9. The standard InChI is InChI=1S/C18H22N4O4/c1-2-26-18(25)22-9-5-8-21(10-11-22)16(23)12-15-13-6-3-4-7-14(13)17(24)20-19-15/h3-4,6-7H,2,5,8-12H2,1H3,(H,20,24). The Balaban J connectivity index is 1.70. The van der Waals surface area contributed by atoms with Crippen LogP contribution in [0.5, 0.6) is 0 Å². The number of H-pyrrole nitrogens is 1. The molecule has 3 rings (SSSR count). The van der Waals surface area contributed by atoms with Crippen LogP contribution in [-0.4, -0.2) is 64.8 Å². The lowest BCUT2D eigenvalue weighted by Crippen LogP contribution is -2.38. The molecule has 0 saturated carbocycles. The van der Waals surface area contributed by atoms with Gasteiger partial charge in [0.25, 0.3) is 5.56 Å². The van der Waals surface area contributed by atoms with E-state index in [4.69, 9.17) is 4.74 Å². The molecule has 0 unspecified atom stereocenters. The van der Waals surface area contributed by atoms with Crippen molar-refractivity contribution in [2.45, 2.75) is 19.8 Å². The molecular weight excluding hydrogens is 336 g/mol. The Kier molecular flexibility index (Phi) is 5.50. The highest BCUT2D eigenvalue weighted by Crippen LogP contribution is 2.14. The first-order valence-electron chi connectivity index (χ1n) is 8.76. The number of nitrogens with zero attached hydrogens (tertiary/aromatic N) is 3. The van der Waals surface area contributed by atoms with Gasteiger partial charge in [-0.1, -0.05) is 18.2 Å². The van der Waals surface area contributed by atoms with Gasteiger partial charge in [0.05, 0.1) is 24.1 Å². The van der Waals surface area contributed by atoms with Crippen molar-refractivity contribution in [2.75, 3.05) is 32.8 Å². The molecule has 26 heavy (non-hydrogen) atoms. The molecule has 0 aliphatic carbocycles. The van der Waals surface area contributed by atoms with E-state index in [1.54, 1.807) is 34.9 Å². The molecule has 1 N–H and O–H groups in total. The number of amides is 2. The molecule has 2 amide bonds. The molecule has 138 valence electrons. The maximum atomic E-state index is 12.7. The van der Waals surface area contributed by atoms with E-state index in [9.17, 15) is 14.4 Å². The van der Waals surface area contributed by atoms with Crippen molar-refractivity contribution in [2.24, 2.45) is 0 Å². The van der Waals surface area contributed by atoms with Gasteiger partial charge in [-0.15, -0.1) is 0 Å². The molecule has 1 aliphatic rings. The Morgan fingerprint density at radius 3 is 2.58 bits per heavy atom. The average molecular weight is 358 g/mol. The molecular formula is C18H22N4O4. The van der Waals surface area contributed by atoms with Gasteiger partial charge in [0, 0.05) is 31.6 Å². The Labute approximate surface area is 150 Å². The summed E-state index contributed by atoms with van der Waals surface area (Å²) in [6.07, 6.45) is 0.469. The molecule has 0 atom stereocenters. The van der Waals surface area contributed by atoms with Gasteiger partial charge in [-0.2, -0.15) is 5.10 Å². The first-order chi connectivity index (χ1) is 12.6. The average Bonchev–Trinajstić information content (AvgIpc) is 2.91. The second-order valence-corrected chi connectivity index (χ2v) is 6.14. The number of nitrogens with one attached hydrogen (secondary N) is 1. The van der Waals surface area contributed by atoms with Gasteiger partial charge in [-0.05, 0) is 19.4 Å². The molecule has 1 saturated heterocycles. The predicted molar refractivity (Wildman–Crippen MR) is 95.9 cm³/mol. The third kappa shape index (κ3) is 3.84. The van der Waals surface area contributed by atoms with Gasteiger partial charge in [0.1, 0.15) is 0 Å². The Hall–Kier alpha value is -2.90. The molecule has 1 fully saturated rings. The van der Waals surface area contributed by atoms with Crippen LogP contribution >= 0.6 is 0 Å². The molecule has 2 aromatic rings. The van der Waals surface area contributed by atoms with Crippen molar-refractivity contribution in [3.05, 3.63) is 40.3 Å². The van der Waals surface area contributed by atoms with Crippen LogP contribution in [0.15, 0.2) is 29.1 Å². The normalized spacial score (nSPS) is 15.0. The number of fused-ring (bicyclic) bond motifs is 1. The van der Waals surface area contributed by atoms with Gasteiger partial charge < -0.3 is 14.5 Å². The SMILES string of the molecule is CCOC(=O)N1CCCN(C(=O)Cc2n[nH]c(=O)c3ccccc23)CC1. The van der Waals surface area contributed by atoms with E-state index in [2.05, 4.69) is 10.2 Å². The molecule has 8 heteroatoms. The second kappa shape index (κ2) is 7.99. The Morgan fingerprint density at radius 1 is 1.12 bits per heavy atom. The lowest BCUT2D eigenvalue weighted by molar-refractivity contribution is -0.130. The van der Waals surface area contributed by atoms with Crippen LogP contribution in [0.1, 0.15) is 19.0 Å². The number of carbonyl (C=O) groups excluding carboxylic acids is 2. The predicted octanol–water partition coefficient (Wildman–Crippen LogP) is 1.16. The second-order valence-electron chi connectivity index (χ2n) is 6.14. The maximum absolute atomic E-state index is 12.7. The van der Waals surface area contributed by atoms with Crippen LogP contribution < -0.4 is 5.56 Å². The van der Waals surface area contributed by atoms with Crippen LogP contribution in [-0.2, 0) is 16.0 Å². The summed E-state index contributed by atoms with van der Waals surface area (Å²) in [7, 11) is 0. The smallest absolute Gasteiger partial charge is 0.409 e. The van der Waals surface area contributed by atoms with Gasteiger partial charge in [-0.25, -0.2) is 9.89 Å². The van der Waals surface area contributed by atoms with E-state index in [-0.39, 0.29) is 24.0 Å². The summed E-state index contributed by atoms with van der Waals surface area (Å²) in [5, 5.41) is 7.73. The van der Waals surface area contributed by atoms with E-state index in [1.165, 1.54) is 0 Å². The molecule has 0 spiro atoms. The number of ether oxygens (including phenoxy) is 1. The summed E-state index contributed by atoms with van der Waals surface area (Å²) in [5.41, 5.74) is 0.286. The molecule has 8 nitrogen and oxygen atoms in total. The number of aromatic nitrogens is 2. The van der Waals surface area contributed by atoms with Gasteiger partial charge >= 0.3 is 6.09 Å². The topological polar surface area (TPSA) is 95.6 Å². The third-order valence-corrected chi connectivity index (χ3v) is 4.47. The number of hydrogen-bond acceptors (Lipinski definition) is 5. The largest absolute Gasteiger partial charge is 0.450 e. The zero-order valence-electron chi connectivity index (χ0n) is 14.7. The van der Waals surface area contributed by atoms with Gasteiger partial charge in [0.15, 0.2) is 0 Å². The molecule has 1 aromatic heterocycles. The van der Waals surface area contributed by atoms with Crippen molar-refractivity contribution in [1.29, 1.82) is 0 Å². The molecule has 0 bridgehead atoms. The summed E-state index contributed by atoms with van der Waals surface area (Å²) in [5.74, 6) is -0.0691. The fraction of sp³-hybridized carbons (Fsp3) is 0.444. The van der Waals surface area contributed by atoms with Crippen molar-refractivity contribution in [3.8, 4) is 0 Å². The highest BCUT2D eigenvalue weighted by Gasteiger charge is 2.23. The van der Waals surface area contributed by atoms with Gasteiger partial charge in [-0.3, -0.25) is 9.59 Å². The quantitative estimate of drug-likeness (QED) is 0.888. The van der Waals surface area contributed by atoms with Crippen molar-refractivity contribution >= 4 is 22.8 Å². The highest BCUT2D eigenvalue weighted by molar-refractivity contribution is 5.88. The van der Waals surface area contributed by atoms with E-state index < -0.39 is 0 Å². The number of hydrogen-bond donors (Lipinski definition) is 1. The minimum absolute atomic E-state index is 0.0691. The zero-order valence-corrected chi connectivity index (χ0v) is 14.7. The van der Waals surface area contributed by atoms with E-state index in [0.717, 1.165) is 0 Å². The third-order valence-electron chi connectivity index (χ3n) is 4.47. The maximum Gasteiger partial charge on any atom is 0.409 e. The van der Waals surface area contributed by atoms with Crippen LogP contribution in [0.3, 0.4) is 0 Å². The Bertz CT molecular complexity index is 864. The lowest BCUT2D eigenvalue weighted by Gasteiger charge is -2.21. The minimum Gasteiger partial charge on any atom is -0.450 e. The molecule has 2 heterocycles. The zero-order chi connectivity index (χ0) is 18.5. The van der Waals surface area contributed by atoms with E-state index in [0.29, 0.717) is 55.7 Å². The van der Waals surface area contributed by atoms with Crippen LogP contribution in [0, 0.1) is 0 Å². The van der Waals surface area contributed by atoms with Crippen molar-refractivity contribution < 1.29 is 14.3 Å². The summed E-state index contributed by atoms with van der Waals surface area (Å²) < 4.78 is 5.03. The summed E-state index contributed by atoms with van der Waals surface area (Å²) in [6.45, 7) is 4.16. The summed E-state index contributed by atoms with van der Waals surface area (Å²) in [6, 6.07) is 7.11. The van der Waals surface area contributed by atoms with E-state index in [1.807, 2.05) is 6.07 Å². The number of carbonyl (C=O) groups is 2. The molecule has 1 aliphatic heterocycles. The minimum atomic E-state index is -0.338. The van der Waals surface area contributed by atoms with E-state index >= 15 is 0 Å². The summed E-state index contributed by atoms with van der Waals surface area (Å²) >= 11 is 0. The van der Waals surface area contributed by atoms with Crippen molar-refractivity contribution in [1.82, 2.24) is 20.0 Å². The number of benzene rings is 1. The van der Waals surface area contributed by atoms with Gasteiger partial charge in [0.2, 0.25) is 5.91 Å². The fourth-order valence-electron chi connectivity index (χ4n) is 3.13. The fourth-order valence-corrected chi connectivity index (χ4v) is 3.13. The lowest BCUT2D eigenvalue weighted by atomic mass is 10.1. The number of aromatic amines is 1. The first-order valence-corrected chi connectivity index (χ1v) is 8.76. The number of rotatable bonds is 3. The monoisotopic (exact) mass is 358 g/mol. The van der Waals surface area contributed by atoms with Crippen LogP contribution in [0.25, 0.3) is 10.8 Å². The summed E-state index contributed by atoms with van der Waals surface area (Å²) in [4.78, 5) is 39.8.